The minimum Gasteiger partial charge on any atom is -0.509 e. The molecule has 0 N–H and O–H groups in total. The van der Waals surface area contributed by atoms with Crippen LogP contribution in [0, 0.1) is 18.8 Å². The normalized spacial score (nSPS) is 14.0. The van der Waals surface area contributed by atoms with Gasteiger partial charge in [0.1, 0.15) is 17.3 Å². The summed E-state index contributed by atoms with van der Waals surface area (Å²) < 4.78 is 16.4. The molecular weight excluding hydrogens is 1300 g/mol. The van der Waals surface area contributed by atoms with Crippen LogP contribution in [-0.2, 0) is 42.7 Å². The maximum atomic E-state index is 7.30. The van der Waals surface area contributed by atoms with E-state index in [0.29, 0.717) is 11.5 Å². The molecule has 90 heavy (non-hydrogen) atoms. The van der Waals surface area contributed by atoms with E-state index in [9.17, 15) is 0 Å². The van der Waals surface area contributed by atoms with E-state index < -0.39 is 8.07 Å². The first-order chi connectivity index (χ1) is 42.6. The summed E-state index contributed by atoms with van der Waals surface area (Å²) >= 11 is 0. The summed E-state index contributed by atoms with van der Waals surface area (Å²) in [4.78, 5) is 9.82. The number of pyridine rings is 1. The Labute approximate surface area is 546 Å². The number of aromatic nitrogens is 2. The number of rotatable bonds is 8. The van der Waals surface area contributed by atoms with Crippen LogP contribution in [0.1, 0.15) is 105 Å². The number of fused-ring (bicyclic) bond motifs is 7. The fourth-order valence-corrected chi connectivity index (χ4v) is 19.2. The molecule has 450 valence electrons. The van der Waals surface area contributed by atoms with Crippen LogP contribution >= 0.6 is 0 Å². The van der Waals surface area contributed by atoms with E-state index in [0.717, 1.165) is 62.2 Å². The summed E-state index contributed by atoms with van der Waals surface area (Å²) in [5.41, 5.74) is 17.7. The van der Waals surface area contributed by atoms with E-state index in [-0.39, 0.29) is 42.7 Å². The molecule has 15 rings (SSSR count). The average molecular weight is 1370 g/mol. The molecule has 0 unspecified atom stereocenters. The van der Waals surface area contributed by atoms with Crippen molar-refractivity contribution in [2.45, 2.75) is 105 Å². The summed E-state index contributed by atoms with van der Waals surface area (Å²) in [6, 6.07) is 85.6. The van der Waals surface area contributed by atoms with Gasteiger partial charge < -0.3 is 23.8 Å². The number of para-hydroxylation sites is 4. The minimum absolute atomic E-state index is 0. The van der Waals surface area contributed by atoms with Gasteiger partial charge in [0, 0.05) is 72.5 Å². The molecule has 0 saturated carbocycles. The molecule has 10 aromatic carbocycles. The van der Waals surface area contributed by atoms with Crippen molar-refractivity contribution in [1.29, 1.82) is 0 Å². The Morgan fingerprint density at radius 1 is 0.433 bits per heavy atom. The summed E-state index contributed by atoms with van der Waals surface area (Å²) in [5.74, 6) is 3.82. The molecule has 5 heterocycles. The van der Waals surface area contributed by atoms with E-state index in [1.165, 1.54) is 76.0 Å². The molecule has 0 radical (unpaired) electrons. The van der Waals surface area contributed by atoms with Crippen LogP contribution in [0.25, 0.3) is 61.0 Å². The van der Waals surface area contributed by atoms with Crippen molar-refractivity contribution in [3.8, 4) is 62.2 Å². The molecule has 0 aliphatic carbocycles. The number of nitrogens with zero attached hydrogens (tertiary/aromatic N) is 4. The molecule has 2 aromatic heterocycles. The van der Waals surface area contributed by atoms with Gasteiger partial charge in [-0.2, -0.15) is 6.07 Å². The Hall–Kier alpha value is -8.74. The number of ether oxygens (including phenoxy) is 2. The van der Waals surface area contributed by atoms with E-state index >= 15 is 0 Å². The standard InChI is InChI=1S/C82H73N4O2Si.Pt/c1-79(2,3)56-39-40-83-75(47-56)86-67-33-24-38-73-76(67)77-68(86)49-62(50-74(77)89(73)71-36-20-18-34-69(71)88-70-35-19-21-37-72(70)89)87-61-30-23-29-60(48-61)84-51-85(66-32-17-16-31-65(66)84)78-63(54-28-22-27-53(41-54)52-25-14-13-15-26-52)45-59(82(10,11)12)46-64(78)55-42-57(80(4,5)6)44-58(43-55)81(7,8)9;/h13-47,50-51H,1-12H3;/q-3;. The second-order valence-corrected chi connectivity index (χ2v) is 32.2. The minimum atomic E-state index is -3.04. The molecule has 0 saturated heterocycles. The van der Waals surface area contributed by atoms with E-state index in [1.807, 2.05) is 12.3 Å². The van der Waals surface area contributed by atoms with Gasteiger partial charge >= 0.3 is 0 Å². The van der Waals surface area contributed by atoms with Gasteiger partial charge in [0.25, 0.3) is 0 Å². The maximum absolute atomic E-state index is 7.30. The Bertz CT molecular complexity index is 4760. The van der Waals surface area contributed by atoms with Gasteiger partial charge in [0.05, 0.1) is 0 Å². The van der Waals surface area contributed by atoms with E-state index in [1.54, 1.807) is 0 Å². The fraction of sp³-hybridized carbons (Fsp3) is 0.195. The smallest absolute Gasteiger partial charge is 0.165 e. The van der Waals surface area contributed by atoms with Crippen LogP contribution in [0.15, 0.2) is 219 Å². The summed E-state index contributed by atoms with van der Waals surface area (Å²) in [6.45, 7) is 30.0. The first-order valence-corrected chi connectivity index (χ1v) is 33.2. The zero-order chi connectivity index (χ0) is 61.5. The Morgan fingerprint density at radius 2 is 0.989 bits per heavy atom. The van der Waals surface area contributed by atoms with Crippen molar-refractivity contribution < 1.29 is 30.5 Å². The maximum Gasteiger partial charge on any atom is 0.165 e. The number of anilines is 4. The zero-order valence-electron chi connectivity index (χ0n) is 53.3. The zero-order valence-corrected chi connectivity index (χ0v) is 56.6. The van der Waals surface area contributed by atoms with Crippen molar-refractivity contribution in [2.24, 2.45) is 0 Å². The van der Waals surface area contributed by atoms with Crippen LogP contribution < -0.4 is 40.0 Å². The number of benzene rings is 10. The molecule has 0 amide bonds. The van der Waals surface area contributed by atoms with Gasteiger partial charge in [-0.05, 0) is 148 Å². The van der Waals surface area contributed by atoms with E-state index in [4.69, 9.17) is 14.5 Å². The molecule has 1 spiro atoms. The Balaban J connectivity index is 0.00000707. The molecule has 3 aliphatic heterocycles. The third-order valence-electron chi connectivity index (χ3n) is 18.6. The molecule has 3 aliphatic rings. The molecule has 0 bridgehead atoms. The number of hydrogen-bond acceptors (Lipinski definition) is 5. The van der Waals surface area contributed by atoms with Gasteiger partial charge in [0.15, 0.2) is 8.07 Å². The van der Waals surface area contributed by atoms with Crippen molar-refractivity contribution in [3.63, 3.8) is 0 Å². The topological polar surface area (TPSA) is 42.8 Å². The summed E-state index contributed by atoms with van der Waals surface area (Å²) in [7, 11) is -3.04. The van der Waals surface area contributed by atoms with Crippen LogP contribution in [0.4, 0.5) is 22.7 Å². The number of hydrogen-bond donors (Lipinski definition) is 0. The van der Waals surface area contributed by atoms with Crippen molar-refractivity contribution in [1.82, 2.24) is 9.55 Å². The van der Waals surface area contributed by atoms with Crippen molar-refractivity contribution in [3.05, 3.63) is 260 Å². The fourth-order valence-electron chi connectivity index (χ4n) is 13.9. The van der Waals surface area contributed by atoms with Crippen LogP contribution in [0.5, 0.6) is 23.0 Å². The van der Waals surface area contributed by atoms with Crippen molar-refractivity contribution in [2.75, 3.05) is 9.80 Å². The Morgan fingerprint density at radius 3 is 1.66 bits per heavy atom. The molecule has 12 aromatic rings. The van der Waals surface area contributed by atoms with Gasteiger partial charge in [-0.25, -0.2) is 4.98 Å². The molecular formula is C82H73N4O2PtSi-3. The molecule has 0 fully saturated rings. The summed E-state index contributed by atoms with van der Waals surface area (Å²) in [5, 5.41) is 7.45. The monoisotopic (exact) mass is 1370 g/mol. The van der Waals surface area contributed by atoms with Gasteiger partial charge in [0.2, 0.25) is 0 Å². The third kappa shape index (κ3) is 9.65. The molecule has 6 nitrogen and oxygen atoms in total. The molecule has 0 atom stereocenters. The first kappa shape index (κ1) is 58.9. The van der Waals surface area contributed by atoms with Gasteiger partial charge in [-0.1, -0.05) is 216 Å². The second kappa shape index (κ2) is 21.5. The SMILES string of the molecule is CC(C)(C)c1cc(-c2cc(C(C)(C)C)cc(-c3cccc(-c4ccccc4)c3)c2N2[CH-]N(c3[c-]c(Oc4[c-]c5c6c(c4)[Si]4(c7ccccc7Oc7ccccc74)c4cccc(c46)n5-c4cc(C(C)(C)C)ccn4)ccc3)c3ccccc32)cc(C(C)(C)C)c1.[Pt]. The van der Waals surface area contributed by atoms with Crippen LogP contribution in [0.2, 0.25) is 0 Å². The predicted molar refractivity (Wildman–Crippen MR) is 373 cm³/mol. The van der Waals surface area contributed by atoms with Crippen molar-refractivity contribution >= 4 is 73.4 Å². The predicted octanol–water partition coefficient (Wildman–Crippen LogP) is 19.0. The van der Waals surface area contributed by atoms with Gasteiger partial charge in [-0.15, -0.1) is 53.3 Å². The van der Waals surface area contributed by atoms with Crippen LogP contribution in [0.3, 0.4) is 0 Å². The quantitative estimate of drug-likeness (QED) is 0.112. The first-order valence-electron chi connectivity index (χ1n) is 31.2. The van der Waals surface area contributed by atoms with Gasteiger partial charge in [-0.3, -0.25) is 0 Å². The summed E-state index contributed by atoms with van der Waals surface area (Å²) in [6.07, 6.45) is 1.94. The van der Waals surface area contributed by atoms with E-state index in [2.05, 4.69) is 323 Å². The third-order valence-corrected chi connectivity index (χ3v) is 23.4. The average Bonchev–Trinajstić information content (AvgIpc) is 1.49. The largest absolute Gasteiger partial charge is 0.509 e. The Kier molecular flexibility index (Phi) is 14.0. The van der Waals surface area contributed by atoms with Crippen LogP contribution in [-0.4, -0.2) is 17.6 Å². The second-order valence-electron chi connectivity index (χ2n) is 28.6. The molecule has 8 heteroatoms.